The highest BCUT2D eigenvalue weighted by Crippen LogP contribution is 2.44. The number of benzene rings is 2. The van der Waals surface area contributed by atoms with Crippen LogP contribution in [0.5, 0.6) is 5.75 Å². The van der Waals surface area contributed by atoms with E-state index in [1.165, 1.54) is 31.1 Å². The van der Waals surface area contributed by atoms with Gasteiger partial charge in [-0.05, 0) is 86.3 Å². The normalized spacial score (nSPS) is 22.4. The second-order valence-electron chi connectivity index (χ2n) is 10.2. The zero-order chi connectivity index (χ0) is 21.7. The average molecular weight is 440 g/mol. The van der Waals surface area contributed by atoms with Crippen molar-refractivity contribution in [2.45, 2.75) is 68.8 Å². The number of fused-ring (bicyclic) bond motifs is 1. The molecule has 0 unspecified atom stereocenters. The SMILES string of the molecule is CC1(N2CCC3(CCc4cc(-c5ccc(CS(C)(=O)=O)cc5)ccc4O3)CC2)CCC1. The summed E-state index contributed by atoms with van der Waals surface area (Å²) in [6.45, 7) is 4.74. The fourth-order valence-electron chi connectivity index (χ4n) is 5.61. The monoisotopic (exact) mass is 439 g/mol. The van der Waals surface area contributed by atoms with Crippen LogP contribution in [0.2, 0.25) is 0 Å². The van der Waals surface area contributed by atoms with E-state index in [0.717, 1.165) is 61.2 Å². The van der Waals surface area contributed by atoms with Crippen LogP contribution in [0.1, 0.15) is 56.6 Å². The van der Waals surface area contributed by atoms with Crippen molar-refractivity contribution in [1.29, 1.82) is 0 Å². The van der Waals surface area contributed by atoms with Gasteiger partial charge < -0.3 is 4.74 Å². The summed E-state index contributed by atoms with van der Waals surface area (Å²) in [5, 5.41) is 0. The van der Waals surface area contributed by atoms with Gasteiger partial charge in [-0.15, -0.1) is 0 Å². The van der Waals surface area contributed by atoms with Crippen LogP contribution >= 0.6 is 0 Å². The van der Waals surface area contributed by atoms with Gasteiger partial charge in [0.1, 0.15) is 11.4 Å². The largest absolute Gasteiger partial charge is 0.487 e. The molecule has 0 bridgehead atoms. The molecule has 5 rings (SSSR count). The van der Waals surface area contributed by atoms with E-state index in [1.54, 1.807) is 0 Å². The lowest BCUT2D eigenvalue weighted by molar-refractivity contribution is -0.0618. The van der Waals surface area contributed by atoms with E-state index in [9.17, 15) is 8.42 Å². The summed E-state index contributed by atoms with van der Waals surface area (Å²) in [6.07, 6.45) is 9.77. The molecule has 1 aliphatic carbocycles. The van der Waals surface area contributed by atoms with Crippen molar-refractivity contribution in [2.75, 3.05) is 19.3 Å². The molecule has 5 heteroatoms. The second-order valence-corrected chi connectivity index (χ2v) is 12.4. The van der Waals surface area contributed by atoms with Crippen LogP contribution in [0.3, 0.4) is 0 Å². The first-order valence-corrected chi connectivity index (χ1v) is 13.6. The molecule has 1 spiro atoms. The van der Waals surface area contributed by atoms with E-state index in [2.05, 4.69) is 30.0 Å². The van der Waals surface area contributed by atoms with Crippen LogP contribution in [0.15, 0.2) is 42.5 Å². The number of rotatable bonds is 4. The van der Waals surface area contributed by atoms with Crippen LogP contribution in [0, 0.1) is 0 Å². The fourth-order valence-corrected chi connectivity index (χ4v) is 6.41. The molecule has 1 saturated carbocycles. The third-order valence-corrected chi connectivity index (χ3v) is 8.68. The summed E-state index contributed by atoms with van der Waals surface area (Å²) in [4.78, 5) is 2.71. The number of aryl methyl sites for hydroxylation is 1. The van der Waals surface area contributed by atoms with Crippen molar-refractivity contribution in [3.63, 3.8) is 0 Å². The van der Waals surface area contributed by atoms with Crippen molar-refractivity contribution in [2.24, 2.45) is 0 Å². The Morgan fingerprint density at radius 3 is 2.23 bits per heavy atom. The summed E-state index contributed by atoms with van der Waals surface area (Å²) in [7, 11) is -3.01. The second kappa shape index (κ2) is 7.63. The molecule has 2 heterocycles. The third-order valence-electron chi connectivity index (χ3n) is 7.82. The maximum atomic E-state index is 11.5. The Kier molecular flexibility index (Phi) is 5.17. The lowest BCUT2D eigenvalue weighted by Gasteiger charge is -2.53. The highest BCUT2D eigenvalue weighted by atomic mass is 32.2. The van der Waals surface area contributed by atoms with Crippen LogP contribution in [0.25, 0.3) is 11.1 Å². The minimum Gasteiger partial charge on any atom is -0.487 e. The molecule has 2 aromatic rings. The maximum absolute atomic E-state index is 11.5. The molecule has 1 saturated heterocycles. The molecule has 0 amide bonds. The molecule has 2 fully saturated rings. The molecule has 2 aromatic carbocycles. The Labute approximate surface area is 186 Å². The van der Waals surface area contributed by atoms with Crippen molar-refractivity contribution >= 4 is 9.84 Å². The predicted octanol–water partition coefficient (Wildman–Crippen LogP) is 5.00. The standard InChI is InChI=1S/C26H33NO3S/c1-25(11-3-12-25)27-16-14-26(15-17-27)13-10-23-18-22(8-9-24(23)30-26)21-6-4-20(5-7-21)19-31(2,28)29/h4-9,18H,3,10-17,19H2,1-2H3. The van der Waals surface area contributed by atoms with Gasteiger partial charge in [0.15, 0.2) is 9.84 Å². The Balaban J connectivity index is 1.28. The van der Waals surface area contributed by atoms with Gasteiger partial charge in [-0.1, -0.05) is 30.3 Å². The van der Waals surface area contributed by atoms with Crippen LogP contribution < -0.4 is 4.74 Å². The molecule has 0 aromatic heterocycles. The number of piperidine rings is 1. The van der Waals surface area contributed by atoms with Crippen LogP contribution in [-0.2, 0) is 22.0 Å². The molecule has 3 aliphatic rings. The van der Waals surface area contributed by atoms with E-state index < -0.39 is 9.84 Å². The highest BCUT2D eigenvalue weighted by Gasteiger charge is 2.45. The quantitative estimate of drug-likeness (QED) is 0.673. The summed E-state index contributed by atoms with van der Waals surface area (Å²) >= 11 is 0. The van der Waals surface area contributed by atoms with Crippen molar-refractivity contribution in [1.82, 2.24) is 4.90 Å². The predicted molar refractivity (Wildman–Crippen MR) is 125 cm³/mol. The molecule has 0 atom stereocenters. The van der Waals surface area contributed by atoms with Crippen molar-refractivity contribution in [3.05, 3.63) is 53.6 Å². The lowest BCUT2D eigenvalue weighted by atomic mass is 9.74. The Bertz CT molecular complexity index is 1060. The van der Waals surface area contributed by atoms with Gasteiger partial charge in [-0.3, -0.25) is 4.90 Å². The molecular weight excluding hydrogens is 406 g/mol. The van der Waals surface area contributed by atoms with Crippen molar-refractivity contribution in [3.8, 4) is 16.9 Å². The number of nitrogens with zero attached hydrogens (tertiary/aromatic N) is 1. The van der Waals surface area contributed by atoms with Crippen molar-refractivity contribution < 1.29 is 13.2 Å². The van der Waals surface area contributed by atoms with Crippen LogP contribution in [-0.4, -0.2) is 43.8 Å². The van der Waals surface area contributed by atoms with Crippen LogP contribution in [0.4, 0.5) is 0 Å². The number of hydrogen-bond acceptors (Lipinski definition) is 4. The summed E-state index contributed by atoms with van der Waals surface area (Å²) < 4.78 is 29.7. The fraction of sp³-hybridized carbons (Fsp3) is 0.538. The maximum Gasteiger partial charge on any atom is 0.151 e. The number of likely N-dealkylation sites (tertiary alicyclic amines) is 1. The molecular formula is C26H33NO3S. The van der Waals surface area contributed by atoms with E-state index in [4.69, 9.17) is 4.74 Å². The van der Waals surface area contributed by atoms with Gasteiger partial charge >= 0.3 is 0 Å². The van der Waals surface area contributed by atoms with Gasteiger partial charge in [-0.25, -0.2) is 8.42 Å². The topological polar surface area (TPSA) is 46.6 Å². The molecule has 4 nitrogen and oxygen atoms in total. The van der Waals surface area contributed by atoms with E-state index in [1.807, 2.05) is 24.3 Å². The smallest absolute Gasteiger partial charge is 0.151 e. The Hall–Kier alpha value is -1.85. The van der Waals surface area contributed by atoms with Gasteiger partial charge in [0, 0.05) is 24.9 Å². The zero-order valence-corrected chi connectivity index (χ0v) is 19.5. The third kappa shape index (κ3) is 4.27. The van der Waals surface area contributed by atoms with E-state index in [0.29, 0.717) is 5.54 Å². The number of ether oxygens (including phenoxy) is 1. The molecule has 0 radical (unpaired) electrons. The first-order valence-electron chi connectivity index (χ1n) is 11.6. The highest BCUT2D eigenvalue weighted by molar-refractivity contribution is 7.89. The molecule has 0 N–H and O–H groups in total. The minimum absolute atomic E-state index is 0.0123. The van der Waals surface area contributed by atoms with Gasteiger partial charge in [0.25, 0.3) is 0 Å². The van der Waals surface area contributed by atoms with Gasteiger partial charge in [-0.2, -0.15) is 0 Å². The van der Waals surface area contributed by atoms with Gasteiger partial charge in [0.05, 0.1) is 5.75 Å². The average Bonchev–Trinajstić information content (AvgIpc) is 2.72. The molecule has 166 valence electrons. The molecule has 2 aliphatic heterocycles. The molecule has 31 heavy (non-hydrogen) atoms. The summed E-state index contributed by atoms with van der Waals surface area (Å²) in [5.74, 6) is 1.14. The van der Waals surface area contributed by atoms with E-state index >= 15 is 0 Å². The minimum atomic E-state index is -3.01. The first kappa shape index (κ1) is 21.0. The number of sulfone groups is 1. The van der Waals surface area contributed by atoms with Gasteiger partial charge in [0.2, 0.25) is 0 Å². The Morgan fingerprint density at radius 1 is 0.935 bits per heavy atom. The zero-order valence-electron chi connectivity index (χ0n) is 18.7. The summed E-state index contributed by atoms with van der Waals surface area (Å²) in [5.41, 5.74) is 4.85. The first-order chi connectivity index (χ1) is 14.7. The van der Waals surface area contributed by atoms with E-state index in [-0.39, 0.29) is 11.4 Å². The lowest BCUT2D eigenvalue weighted by Crippen LogP contribution is -2.58. The Morgan fingerprint density at radius 2 is 1.61 bits per heavy atom. The number of hydrogen-bond donors (Lipinski definition) is 0. The summed E-state index contributed by atoms with van der Waals surface area (Å²) in [6, 6.07) is 14.4.